The average Bonchev–Trinajstić information content (AvgIpc) is 2.90. The predicted molar refractivity (Wildman–Crippen MR) is 80.1 cm³/mol. The molecule has 2 aliphatic rings. The maximum atomic E-state index is 12.8. The second-order valence-corrected chi connectivity index (χ2v) is 9.58. The van der Waals surface area contributed by atoms with E-state index < -0.39 is 22.1 Å². The number of rotatable bonds is 3. The van der Waals surface area contributed by atoms with Gasteiger partial charge in [-0.2, -0.15) is 4.31 Å². The van der Waals surface area contributed by atoms with Crippen LogP contribution in [-0.4, -0.2) is 47.1 Å². The van der Waals surface area contributed by atoms with E-state index in [0.29, 0.717) is 16.6 Å². The normalized spacial score (nSPS) is 29.7. The Kier molecular flexibility index (Phi) is 3.90. The topological polar surface area (TPSA) is 94.9 Å². The molecular formula is C12H14BrNO5S2. The van der Waals surface area contributed by atoms with Crippen molar-refractivity contribution in [1.82, 2.24) is 4.31 Å². The summed E-state index contributed by atoms with van der Waals surface area (Å²) in [5, 5.41) is 18.8. The Morgan fingerprint density at radius 2 is 1.90 bits per heavy atom. The van der Waals surface area contributed by atoms with Crippen molar-refractivity contribution in [3.05, 3.63) is 14.7 Å². The molecule has 3 rings (SSSR count). The second-order valence-electron chi connectivity index (χ2n) is 5.40. The lowest BCUT2D eigenvalue weighted by Gasteiger charge is -2.35. The lowest BCUT2D eigenvalue weighted by atomic mass is 10.0. The number of aromatic carboxylic acids is 1. The van der Waals surface area contributed by atoms with E-state index in [1.54, 1.807) is 0 Å². The molecule has 0 saturated carbocycles. The Labute approximate surface area is 134 Å². The van der Waals surface area contributed by atoms with Crippen LogP contribution < -0.4 is 0 Å². The summed E-state index contributed by atoms with van der Waals surface area (Å²) in [5.41, 5.74) is 0. The molecule has 6 nitrogen and oxygen atoms in total. The molecule has 0 radical (unpaired) electrons. The minimum absolute atomic E-state index is 0.00941. The number of carbonyl (C=O) groups is 1. The van der Waals surface area contributed by atoms with Gasteiger partial charge in [-0.25, -0.2) is 13.2 Å². The van der Waals surface area contributed by atoms with Gasteiger partial charge in [0.1, 0.15) is 9.77 Å². The second kappa shape index (κ2) is 5.31. The van der Waals surface area contributed by atoms with Crippen LogP contribution in [0.2, 0.25) is 0 Å². The number of fused-ring (bicyclic) bond motifs is 2. The van der Waals surface area contributed by atoms with Gasteiger partial charge >= 0.3 is 5.97 Å². The number of sulfonamides is 1. The molecule has 21 heavy (non-hydrogen) atoms. The maximum Gasteiger partial charge on any atom is 0.345 e. The number of thiophene rings is 1. The quantitative estimate of drug-likeness (QED) is 0.814. The molecule has 0 amide bonds. The highest BCUT2D eigenvalue weighted by molar-refractivity contribution is 9.11. The molecule has 0 aliphatic carbocycles. The molecule has 2 atom stereocenters. The SMILES string of the molecule is O=C(O)c1cc(S(=O)(=O)N2C3CCC2CC(O)C3)c(Br)s1. The lowest BCUT2D eigenvalue weighted by Crippen LogP contribution is -2.47. The predicted octanol–water partition coefficient (Wildman–Crippen LogP) is 1.89. The number of carboxylic acids is 1. The molecule has 0 aromatic carbocycles. The zero-order valence-corrected chi connectivity index (χ0v) is 14.1. The molecule has 2 fully saturated rings. The van der Waals surface area contributed by atoms with Crippen LogP contribution in [0.5, 0.6) is 0 Å². The van der Waals surface area contributed by atoms with Crippen molar-refractivity contribution in [3.63, 3.8) is 0 Å². The van der Waals surface area contributed by atoms with Crippen LogP contribution in [-0.2, 0) is 10.0 Å². The summed E-state index contributed by atoms with van der Waals surface area (Å²) in [6, 6.07) is 0.823. The van der Waals surface area contributed by atoms with E-state index in [2.05, 4.69) is 15.9 Å². The minimum Gasteiger partial charge on any atom is -0.477 e. The smallest absolute Gasteiger partial charge is 0.345 e. The van der Waals surface area contributed by atoms with Gasteiger partial charge in [-0.15, -0.1) is 11.3 Å². The number of carboxylic acid groups (broad SMARTS) is 1. The van der Waals surface area contributed by atoms with Gasteiger partial charge in [-0.05, 0) is 47.7 Å². The van der Waals surface area contributed by atoms with Crippen LogP contribution >= 0.6 is 27.3 Å². The largest absolute Gasteiger partial charge is 0.477 e. The number of piperidine rings is 1. The Bertz CT molecular complexity index is 672. The maximum absolute atomic E-state index is 12.8. The summed E-state index contributed by atoms with van der Waals surface area (Å²) in [6.07, 6.45) is 1.93. The number of aliphatic hydroxyl groups excluding tert-OH is 1. The molecule has 1 aromatic heterocycles. The van der Waals surface area contributed by atoms with Gasteiger partial charge in [0, 0.05) is 12.1 Å². The van der Waals surface area contributed by atoms with Crippen molar-refractivity contribution in [2.24, 2.45) is 0 Å². The van der Waals surface area contributed by atoms with Crippen LogP contribution in [0, 0.1) is 0 Å². The molecule has 2 unspecified atom stereocenters. The van der Waals surface area contributed by atoms with Crippen LogP contribution in [0.4, 0.5) is 0 Å². The van der Waals surface area contributed by atoms with Crippen LogP contribution in [0.25, 0.3) is 0 Å². The first-order valence-electron chi connectivity index (χ1n) is 6.55. The molecule has 0 spiro atoms. The number of hydrogen-bond donors (Lipinski definition) is 2. The van der Waals surface area contributed by atoms with Crippen molar-refractivity contribution < 1.29 is 23.4 Å². The van der Waals surface area contributed by atoms with Crippen molar-refractivity contribution in [2.75, 3.05) is 0 Å². The summed E-state index contributed by atoms with van der Waals surface area (Å²) in [5.74, 6) is -1.14. The van der Waals surface area contributed by atoms with Gasteiger partial charge in [0.2, 0.25) is 10.0 Å². The molecule has 2 aliphatic heterocycles. The number of aliphatic hydroxyl groups is 1. The van der Waals surface area contributed by atoms with Crippen LogP contribution in [0.3, 0.4) is 0 Å². The summed E-state index contributed by atoms with van der Waals surface area (Å²) >= 11 is 4.06. The van der Waals surface area contributed by atoms with Crippen molar-refractivity contribution in [3.8, 4) is 0 Å². The third-order valence-corrected chi connectivity index (χ3v) is 8.31. The number of halogens is 1. The van der Waals surface area contributed by atoms with Gasteiger partial charge in [0.05, 0.1) is 9.89 Å². The molecule has 1 aromatic rings. The standard InChI is InChI=1S/C12H14BrNO5S2/c13-11-10(5-9(20-11)12(16)17)21(18,19)14-6-1-2-7(14)4-8(15)3-6/h5-8,15H,1-4H2,(H,16,17). The van der Waals surface area contributed by atoms with Gasteiger partial charge in [-0.1, -0.05) is 0 Å². The molecule has 2 N–H and O–H groups in total. The molecule has 2 saturated heterocycles. The van der Waals surface area contributed by atoms with Crippen molar-refractivity contribution in [1.29, 1.82) is 0 Å². The Balaban J connectivity index is 2.00. The van der Waals surface area contributed by atoms with Crippen molar-refractivity contribution >= 4 is 43.3 Å². The molecular weight excluding hydrogens is 382 g/mol. The van der Waals surface area contributed by atoms with Gasteiger partial charge in [0.15, 0.2) is 0 Å². The number of nitrogens with zero attached hydrogens (tertiary/aromatic N) is 1. The van der Waals surface area contributed by atoms with Crippen LogP contribution in [0.1, 0.15) is 35.4 Å². The Morgan fingerprint density at radius 3 is 2.38 bits per heavy atom. The molecule has 2 bridgehead atoms. The summed E-state index contributed by atoms with van der Waals surface area (Å²) in [6.45, 7) is 0. The van der Waals surface area contributed by atoms with Crippen molar-refractivity contribution in [2.45, 2.75) is 48.8 Å². The zero-order chi connectivity index (χ0) is 15.4. The average molecular weight is 396 g/mol. The van der Waals surface area contributed by atoms with E-state index in [1.165, 1.54) is 10.4 Å². The third-order valence-electron chi connectivity index (χ3n) is 4.06. The van der Waals surface area contributed by atoms with Gasteiger partial charge < -0.3 is 10.2 Å². The van der Waals surface area contributed by atoms with E-state index in [0.717, 1.165) is 24.2 Å². The highest BCUT2D eigenvalue weighted by atomic mass is 79.9. The zero-order valence-electron chi connectivity index (χ0n) is 10.9. The fourth-order valence-electron chi connectivity index (χ4n) is 3.24. The highest BCUT2D eigenvalue weighted by Gasteiger charge is 2.47. The highest BCUT2D eigenvalue weighted by Crippen LogP contribution is 2.42. The molecule has 116 valence electrons. The van der Waals surface area contributed by atoms with E-state index in [4.69, 9.17) is 5.11 Å². The summed E-state index contributed by atoms with van der Waals surface area (Å²) < 4.78 is 27.5. The van der Waals surface area contributed by atoms with E-state index in [1.807, 2.05) is 0 Å². The lowest BCUT2D eigenvalue weighted by molar-refractivity contribution is 0.0701. The fraction of sp³-hybridized carbons (Fsp3) is 0.583. The monoisotopic (exact) mass is 395 g/mol. The van der Waals surface area contributed by atoms with E-state index in [9.17, 15) is 18.3 Å². The Hall–Kier alpha value is -0.480. The summed E-state index contributed by atoms with van der Waals surface area (Å²) in [4.78, 5) is 11.0. The molecule has 3 heterocycles. The minimum atomic E-state index is -3.74. The first kappa shape index (κ1) is 15.4. The van der Waals surface area contributed by atoms with Crippen LogP contribution in [0.15, 0.2) is 14.7 Å². The van der Waals surface area contributed by atoms with Gasteiger partial charge in [-0.3, -0.25) is 0 Å². The molecule has 9 heteroatoms. The Morgan fingerprint density at radius 1 is 1.33 bits per heavy atom. The summed E-state index contributed by atoms with van der Waals surface area (Å²) in [7, 11) is -3.74. The van der Waals surface area contributed by atoms with Gasteiger partial charge in [0.25, 0.3) is 0 Å². The third kappa shape index (κ3) is 2.55. The first-order valence-corrected chi connectivity index (χ1v) is 9.60. The van der Waals surface area contributed by atoms with E-state index >= 15 is 0 Å². The fourth-order valence-corrected chi connectivity index (χ4v) is 7.49. The first-order chi connectivity index (χ1) is 9.80. The number of hydrogen-bond acceptors (Lipinski definition) is 5. The van der Waals surface area contributed by atoms with E-state index in [-0.39, 0.29) is 21.9 Å².